The Morgan fingerprint density at radius 3 is 2.48 bits per heavy atom. The number of aromatic carboxylic acids is 1. The number of amides is 1. The van der Waals surface area contributed by atoms with Crippen LogP contribution in [0.5, 0.6) is 0 Å². The van der Waals surface area contributed by atoms with E-state index in [0.29, 0.717) is 18.2 Å². The lowest BCUT2D eigenvalue weighted by molar-refractivity contribution is 0.0690. The number of nitrogens with zero attached hydrogens (tertiary/aromatic N) is 2. The fourth-order valence-electron chi connectivity index (χ4n) is 3.74. The summed E-state index contributed by atoms with van der Waals surface area (Å²) in [6.45, 7) is 1.49. The first-order valence-corrected chi connectivity index (χ1v) is 8.93. The van der Waals surface area contributed by atoms with Gasteiger partial charge in [0.05, 0.1) is 5.56 Å². The zero-order chi connectivity index (χ0) is 17.4. The standard InChI is InChI=1S/C20H22N2O3/c23-19(18-4-2-12-22(18)17-9-10-17)21-11-1-3-16(13-21)14-5-7-15(8-6-14)20(24)25/h2,4-8,12,16-17H,1,3,9-11,13H2,(H,24,25)/t16-/m1/s1. The lowest BCUT2D eigenvalue weighted by Gasteiger charge is -2.33. The van der Waals surface area contributed by atoms with Crippen LogP contribution in [0.1, 0.15) is 64.1 Å². The van der Waals surface area contributed by atoms with E-state index >= 15 is 0 Å². The van der Waals surface area contributed by atoms with Gasteiger partial charge < -0.3 is 14.6 Å². The number of carboxylic acid groups (broad SMARTS) is 1. The van der Waals surface area contributed by atoms with E-state index in [0.717, 1.165) is 43.5 Å². The second-order valence-corrected chi connectivity index (χ2v) is 7.05. The van der Waals surface area contributed by atoms with Gasteiger partial charge in [0.2, 0.25) is 0 Å². The van der Waals surface area contributed by atoms with Gasteiger partial charge in [0, 0.05) is 31.2 Å². The Morgan fingerprint density at radius 1 is 1.04 bits per heavy atom. The summed E-state index contributed by atoms with van der Waals surface area (Å²) in [5, 5.41) is 9.03. The quantitative estimate of drug-likeness (QED) is 0.927. The van der Waals surface area contributed by atoms with Crippen molar-refractivity contribution in [2.24, 2.45) is 0 Å². The third kappa shape index (κ3) is 3.18. The molecule has 0 unspecified atom stereocenters. The Labute approximate surface area is 146 Å². The number of piperidine rings is 1. The Balaban J connectivity index is 1.49. The second-order valence-electron chi connectivity index (χ2n) is 7.05. The molecule has 2 aromatic rings. The highest BCUT2D eigenvalue weighted by atomic mass is 16.4. The van der Waals surface area contributed by atoms with Crippen LogP contribution in [0.25, 0.3) is 0 Å². The van der Waals surface area contributed by atoms with E-state index in [1.807, 2.05) is 35.4 Å². The fourth-order valence-corrected chi connectivity index (χ4v) is 3.74. The van der Waals surface area contributed by atoms with Gasteiger partial charge in [-0.15, -0.1) is 0 Å². The van der Waals surface area contributed by atoms with Crippen molar-refractivity contribution in [1.82, 2.24) is 9.47 Å². The summed E-state index contributed by atoms with van der Waals surface area (Å²) in [6.07, 6.45) is 6.33. The van der Waals surface area contributed by atoms with Crippen LogP contribution in [-0.2, 0) is 0 Å². The second kappa shape index (κ2) is 6.39. The molecule has 1 aliphatic carbocycles. The fraction of sp³-hybridized carbons (Fsp3) is 0.400. The Hall–Kier alpha value is -2.56. The first kappa shape index (κ1) is 15.9. The van der Waals surface area contributed by atoms with Crippen LogP contribution in [0.2, 0.25) is 0 Å². The van der Waals surface area contributed by atoms with Crippen LogP contribution in [0.3, 0.4) is 0 Å². The van der Waals surface area contributed by atoms with Crippen LogP contribution in [0, 0.1) is 0 Å². The maximum absolute atomic E-state index is 13.0. The monoisotopic (exact) mass is 338 g/mol. The van der Waals surface area contributed by atoms with E-state index in [1.165, 1.54) is 0 Å². The minimum Gasteiger partial charge on any atom is -0.478 e. The number of likely N-dealkylation sites (tertiary alicyclic amines) is 1. The topological polar surface area (TPSA) is 62.5 Å². The molecule has 130 valence electrons. The Morgan fingerprint density at radius 2 is 1.80 bits per heavy atom. The van der Waals surface area contributed by atoms with Crippen molar-refractivity contribution >= 4 is 11.9 Å². The minimum atomic E-state index is -0.909. The third-order valence-electron chi connectivity index (χ3n) is 5.28. The largest absolute Gasteiger partial charge is 0.478 e. The van der Waals surface area contributed by atoms with E-state index < -0.39 is 5.97 Å². The maximum Gasteiger partial charge on any atom is 0.335 e. The van der Waals surface area contributed by atoms with E-state index in [1.54, 1.807) is 12.1 Å². The van der Waals surface area contributed by atoms with Crippen LogP contribution >= 0.6 is 0 Å². The smallest absolute Gasteiger partial charge is 0.335 e. The van der Waals surface area contributed by atoms with Gasteiger partial charge in [-0.3, -0.25) is 4.79 Å². The van der Waals surface area contributed by atoms with Gasteiger partial charge in [0.25, 0.3) is 5.91 Å². The lowest BCUT2D eigenvalue weighted by Crippen LogP contribution is -2.39. The SMILES string of the molecule is O=C(O)c1ccc([C@@H]2CCCN(C(=O)c3cccn3C3CC3)C2)cc1. The number of aromatic nitrogens is 1. The number of carbonyl (C=O) groups is 2. The molecule has 5 nitrogen and oxygen atoms in total. The van der Waals surface area contributed by atoms with Crippen molar-refractivity contribution < 1.29 is 14.7 Å². The predicted molar refractivity (Wildman–Crippen MR) is 94.0 cm³/mol. The molecule has 1 atom stereocenters. The van der Waals surface area contributed by atoms with Gasteiger partial charge in [-0.2, -0.15) is 0 Å². The molecule has 2 fully saturated rings. The summed E-state index contributed by atoms with van der Waals surface area (Å²) < 4.78 is 2.12. The van der Waals surface area contributed by atoms with Crippen molar-refractivity contribution in [1.29, 1.82) is 0 Å². The van der Waals surface area contributed by atoms with E-state index in [9.17, 15) is 9.59 Å². The predicted octanol–water partition coefficient (Wildman–Crippen LogP) is 3.54. The first-order valence-electron chi connectivity index (χ1n) is 8.93. The van der Waals surface area contributed by atoms with Crippen molar-refractivity contribution in [3.63, 3.8) is 0 Å². The molecule has 1 aromatic carbocycles. The average molecular weight is 338 g/mol. The Bertz CT molecular complexity index is 790. The summed E-state index contributed by atoms with van der Waals surface area (Å²) in [4.78, 5) is 25.9. The molecule has 2 heterocycles. The summed E-state index contributed by atoms with van der Waals surface area (Å²) >= 11 is 0. The highest BCUT2D eigenvalue weighted by Gasteiger charge is 2.31. The average Bonchev–Trinajstić information content (AvgIpc) is 3.38. The summed E-state index contributed by atoms with van der Waals surface area (Å²) in [6, 6.07) is 11.4. The van der Waals surface area contributed by atoms with Crippen molar-refractivity contribution in [3.05, 3.63) is 59.4 Å². The minimum absolute atomic E-state index is 0.115. The number of hydrogen-bond acceptors (Lipinski definition) is 2. The molecule has 1 saturated heterocycles. The lowest BCUT2D eigenvalue weighted by atomic mass is 9.90. The van der Waals surface area contributed by atoms with Crippen LogP contribution in [0.15, 0.2) is 42.6 Å². The van der Waals surface area contributed by atoms with Gasteiger partial charge in [-0.25, -0.2) is 4.79 Å². The summed E-state index contributed by atoms with van der Waals surface area (Å²) in [5.41, 5.74) is 2.21. The Kier molecular flexibility index (Phi) is 4.07. The zero-order valence-electron chi connectivity index (χ0n) is 14.1. The van der Waals surface area contributed by atoms with Crippen molar-refractivity contribution in [2.45, 2.75) is 37.6 Å². The molecule has 2 aliphatic rings. The molecule has 1 aliphatic heterocycles. The molecule has 1 amide bonds. The maximum atomic E-state index is 13.0. The third-order valence-corrected chi connectivity index (χ3v) is 5.28. The highest BCUT2D eigenvalue weighted by molar-refractivity contribution is 5.93. The number of carbonyl (C=O) groups excluding carboxylic acids is 1. The van der Waals surface area contributed by atoms with Gasteiger partial charge in [-0.1, -0.05) is 12.1 Å². The van der Waals surface area contributed by atoms with Crippen LogP contribution in [0.4, 0.5) is 0 Å². The number of rotatable bonds is 4. The van der Waals surface area contributed by atoms with E-state index in [-0.39, 0.29) is 11.8 Å². The molecule has 4 rings (SSSR count). The normalized spacial score (nSPS) is 20.5. The molecular weight excluding hydrogens is 316 g/mol. The van der Waals surface area contributed by atoms with E-state index in [4.69, 9.17) is 5.11 Å². The number of carboxylic acids is 1. The van der Waals surface area contributed by atoms with E-state index in [2.05, 4.69) is 4.57 Å². The number of benzene rings is 1. The zero-order valence-corrected chi connectivity index (χ0v) is 14.1. The molecule has 1 N–H and O–H groups in total. The van der Waals surface area contributed by atoms with Crippen molar-refractivity contribution in [3.8, 4) is 0 Å². The van der Waals surface area contributed by atoms with Crippen molar-refractivity contribution in [2.75, 3.05) is 13.1 Å². The summed E-state index contributed by atoms with van der Waals surface area (Å²) in [5.74, 6) is -0.526. The van der Waals surface area contributed by atoms with Gasteiger partial charge in [0.1, 0.15) is 5.69 Å². The highest BCUT2D eigenvalue weighted by Crippen LogP contribution is 2.36. The summed E-state index contributed by atoms with van der Waals surface area (Å²) in [7, 11) is 0. The molecule has 0 spiro atoms. The van der Waals surface area contributed by atoms with Gasteiger partial charge in [-0.05, 0) is 55.5 Å². The van der Waals surface area contributed by atoms with Gasteiger partial charge >= 0.3 is 5.97 Å². The molecule has 1 aromatic heterocycles. The van der Waals surface area contributed by atoms with Crippen LogP contribution in [-0.4, -0.2) is 39.5 Å². The molecular formula is C20H22N2O3. The first-order chi connectivity index (χ1) is 12.1. The number of hydrogen-bond donors (Lipinski definition) is 1. The molecule has 0 bridgehead atoms. The van der Waals surface area contributed by atoms with Gasteiger partial charge in [0.15, 0.2) is 0 Å². The molecule has 0 radical (unpaired) electrons. The molecule has 5 heteroatoms. The van der Waals surface area contributed by atoms with Crippen LogP contribution < -0.4 is 0 Å². The molecule has 25 heavy (non-hydrogen) atoms. The molecule has 1 saturated carbocycles.